The van der Waals surface area contributed by atoms with Gasteiger partial charge in [0.25, 0.3) is 0 Å². The Morgan fingerprint density at radius 1 is 0.900 bits per heavy atom. The lowest BCUT2D eigenvalue weighted by atomic mass is 9.85. The molecule has 7 nitrogen and oxygen atoms in total. The molecule has 5 rings (SSSR count). The highest BCUT2D eigenvalue weighted by Crippen LogP contribution is 2.36. The van der Waals surface area contributed by atoms with Gasteiger partial charge >= 0.3 is 11.9 Å². The Bertz CT molecular complexity index is 1670. The highest BCUT2D eigenvalue weighted by molar-refractivity contribution is 5.89. The summed E-state index contributed by atoms with van der Waals surface area (Å²) >= 11 is 0. The molecule has 1 aliphatic heterocycles. The van der Waals surface area contributed by atoms with Crippen molar-refractivity contribution in [2.75, 3.05) is 6.61 Å². The molecule has 0 saturated carbocycles. The molecule has 8 heteroatoms. The third-order valence-electron chi connectivity index (χ3n) is 9.62. The highest BCUT2D eigenvalue weighted by Gasteiger charge is 2.46. The molecule has 0 N–H and O–H groups in total. The van der Waals surface area contributed by atoms with E-state index in [1.807, 2.05) is 45.0 Å². The monoisotopic (exact) mass is 682 g/mol. The number of ether oxygens (including phenoxy) is 3. The normalized spacial score (nSPS) is 20.5. The van der Waals surface area contributed by atoms with Crippen molar-refractivity contribution in [3.8, 4) is 0 Å². The van der Waals surface area contributed by atoms with E-state index in [9.17, 15) is 9.59 Å². The fraction of sp³-hybridized carbons (Fsp3) is 0.452. The van der Waals surface area contributed by atoms with Gasteiger partial charge in [0.1, 0.15) is 18.4 Å². The molecule has 0 unspecified atom stereocenters. The first-order valence-corrected chi connectivity index (χ1v) is 18.1. The number of carbonyl (C=O) groups is 2. The Morgan fingerprint density at radius 3 is 2.20 bits per heavy atom. The molecular formula is C42H51FN2O5. The first kappa shape index (κ1) is 37.0. The zero-order valence-electron chi connectivity index (χ0n) is 30.0. The van der Waals surface area contributed by atoms with Gasteiger partial charge in [-0.25, -0.2) is 9.18 Å². The van der Waals surface area contributed by atoms with Crippen molar-refractivity contribution in [3.63, 3.8) is 0 Å². The van der Waals surface area contributed by atoms with Crippen LogP contribution in [0.3, 0.4) is 0 Å². The van der Waals surface area contributed by atoms with Crippen molar-refractivity contribution in [1.82, 2.24) is 9.78 Å². The summed E-state index contributed by atoms with van der Waals surface area (Å²) in [6.45, 7) is 10.8. The SMILES string of the molecule is CCOC(=O)CCCc1ccc(Cc2c(C(C)C)nn(Cc3ccccc3)c2C[C@@H]2O[C@H](CC)[C@@H](F)[C@H](C)[C@H]2OC(=O)c2ccccc2)cc1. The molecule has 5 atom stereocenters. The van der Waals surface area contributed by atoms with E-state index < -0.39 is 36.4 Å². The lowest BCUT2D eigenvalue weighted by Crippen LogP contribution is -2.53. The van der Waals surface area contributed by atoms with E-state index >= 15 is 4.39 Å². The largest absolute Gasteiger partial charge is 0.466 e. The van der Waals surface area contributed by atoms with Gasteiger partial charge < -0.3 is 14.2 Å². The van der Waals surface area contributed by atoms with Crippen LogP contribution in [0, 0.1) is 5.92 Å². The van der Waals surface area contributed by atoms with Crippen LogP contribution in [0.1, 0.15) is 104 Å². The molecule has 3 aromatic carbocycles. The van der Waals surface area contributed by atoms with E-state index in [0.717, 1.165) is 40.9 Å². The van der Waals surface area contributed by atoms with Crippen LogP contribution in [0.2, 0.25) is 0 Å². The Kier molecular flexibility index (Phi) is 13.0. The molecule has 266 valence electrons. The average molecular weight is 683 g/mol. The highest BCUT2D eigenvalue weighted by atomic mass is 19.1. The third kappa shape index (κ3) is 9.27. The Hall–Kier alpha value is -4.30. The van der Waals surface area contributed by atoms with Crippen LogP contribution in [-0.4, -0.2) is 52.8 Å². The second kappa shape index (κ2) is 17.6. The first-order chi connectivity index (χ1) is 24.2. The maximum atomic E-state index is 15.7. The molecule has 0 spiro atoms. The number of nitrogens with zero attached hydrogens (tertiary/aromatic N) is 2. The number of hydrogen-bond donors (Lipinski definition) is 0. The third-order valence-corrected chi connectivity index (χ3v) is 9.62. The predicted molar refractivity (Wildman–Crippen MR) is 193 cm³/mol. The summed E-state index contributed by atoms with van der Waals surface area (Å²) < 4.78 is 35.5. The molecule has 1 fully saturated rings. The Labute approximate surface area is 296 Å². The molecule has 50 heavy (non-hydrogen) atoms. The van der Waals surface area contributed by atoms with Gasteiger partial charge in [-0.05, 0) is 60.9 Å². The van der Waals surface area contributed by atoms with Gasteiger partial charge in [-0.2, -0.15) is 5.10 Å². The van der Waals surface area contributed by atoms with Crippen LogP contribution >= 0.6 is 0 Å². The van der Waals surface area contributed by atoms with Crippen LogP contribution in [0.25, 0.3) is 0 Å². The second-order valence-electron chi connectivity index (χ2n) is 13.6. The second-order valence-corrected chi connectivity index (χ2v) is 13.6. The maximum Gasteiger partial charge on any atom is 0.338 e. The number of halogens is 1. The van der Waals surface area contributed by atoms with Crippen LogP contribution in [-0.2, 0) is 44.8 Å². The Morgan fingerprint density at radius 2 is 1.56 bits per heavy atom. The van der Waals surface area contributed by atoms with Crippen molar-refractivity contribution in [2.24, 2.45) is 5.92 Å². The standard InChI is InChI=1S/C42H51FN2O5/c1-6-36-39(43)29(5)41(50-42(47)33-18-12-9-13-19-33)37(49-36)26-35-34(40(28(3)4)44-45(35)27-32-15-10-8-11-16-32)25-31-23-21-30(22-24-31)17-14-20-38(46)48-7-2/h8-13,15-16,18-19,21-24,28-29,36-37,39,41H,6-7,14,17,20,25-27H2,1-5H3/t29-,36+,37-,39-,41+/m0/s1. The number of alkyl halides is 1. The number of benzene rings is 3. The summed E-state index contributed by atoms with van der Waals surface area (Å²) in [5, 5.41) is 5.20. The van der Waals surface area contributed by atoms with Gasteiger partial charge in [-0.15, -0.1) is 0 Å². The van der Waals surface area contributed by atoms with Crippen molar-refractivity contribution in [3.05, 3.63) is 124 Å². The van der Waals surface area contributed by atoms with Gasteiger partial charge in [0.2, 0.25) is 0 Å². The number of carbonyl (C=O) groups excluding carboxylic acids is 2. The van der Waals surface area contributed by atoms with E-state index in [2.05, 4.69) is 54.9 Å². The zero-order chi connectivity index (χ0) is 35.6. The van der Waals surface area contributed by atoms with Gasteiger partial charge in [0.05, 0.1) is 30.5 Å². The summed E-state index contributed by atoms with van der Waals surface area (Å²) in [5.74, 6) is -1.05. The summed E-state index contributed by atoms with van der Waals surface area (Å²) in [6.07, 6.45) is 0.298. The minimum absolute atomic E-state index is 0.152. The van der Waals surface area contributed by atoms with E-state index in [4.69, 9.17) is 19.3 Å². The number of aromatic nitrogens is 2. The molecule has 0 bridgehead atoms. The minimum Gasteiger partial charge on any atom is -0.466 e. The van der Waals surface area contributed by atoms with Crippen molar-refractivity contribution in [1.29, 1.82) is 0 Å². The fourth-order valence-electron chi connectivity index (χ4n) is 6.89. The number of rotatable bonds is 15. The van der Waals surface area contributed by atoms with Crippen molar-refractivity contribution >= 4 is 11.9 Å². The van der Waals surface area contributed by atoms with Crippen LogP contribution < -0.4 is 0 Å². The first-order valence-electron chi connectivity index (χ1n) is 18.1. The number of esters is 2. The predicted octanol–water partition coefficient (Wildman–Crippen LogP) is 8.45. The lowest BCUT2D eigenvalue weighted by Gasteiger charge is -2.42. The Balaban J connectivity index is 1.48. The van der Waals surface area contributed by atoms with Crippen LogP contribution in [0.4, 0.5) is 4.39 Å². The topological polar surface area (TPSA) is 79.7 Å². The van der Waals surface area contributed by atoms with Crippen LogP contribution in [0.15, 0.2) is 84.9 Å². The quantitative estimate of drug-likeness (QED) is 0.117. The summed E-state index contributed by atoms with van der Waals surface area (Å²) in [5.41, 5.74) is 6.97. The zero-order valence-corrected chi connectivity index (χ0v) is 30.0. The van der Waals surface area contributed by atoms with E-state index in [1.54, 1.807) is 24.3 Å². The van der Waals surface area contributed by atoms with Crippen LogP contribution in [0.5, 0.6) is 0 Å². The average Bonchev–Trinajstić information content (AvgIpc) is 3.45. The molecular weight excluding hydrogens is 631 g/mol. The molecule has 4 aromatic rings. The van der Waals surface area contributed by atoms with Crippen molar-refractivity contribution in [2.45, 2.75) is 110 Å². The summed E-state index contributed by atoms with van der Waals surface area (Å²) in [7, 11) is 0. The minimum atomic E-state index is -1.26. The van der Waals surface area contributed by atoms with E-state index in [1.165, 1.54) is 5.56 Å². The van der Waals surface area contributed by atoms with Crippen molar-refractivity contribution < 1.29 is 28.2 Å². The molecule has 2 heterocycles. The van der Waals surface area contributed by atoms with E-state index in [-0.39, 0.29) is 11.9 Å². The summed E-state index contributed by atoms with van der Waals surface area (Å²) in [6, 6.07) is 27.6. The lowest BCUT2D eigenvalue weighted by molar-refractivity contribution is -0.178. The maximum absolute atomic E-state index is 15.7. The summed E-state index contributed by atoms with van der Waals surface area (Å²) in [4.78, 5) is 25.1. The molecule has 1 saturated heterocycles. The number of hydrogen-bond acceptors (Lipinski definition) is 6. The molecule has 1 aromatic heterocycles. The van der Waals surface area contributed by atoms with E-state index in [0.29, 0.717) is 44.4 Å². The number of aryl methyl sites for hydroxylation is 1. The fourth-order valence-corrected chi connectivity index (χ4v) is 6.89. The van der Waals surface area contributed by atoms with Gasteiger partial charge in [0.15, 0.2) is 0 Å². The van der Waals surface area contributed by atoms with Gasteiger partial charge in [-0.1, -0.05) is 100 Å². The smallest absolute Gasteiger partial charge is 0.338 e. The van der Waals surface area contributed by atoms with Gasteiger partial charge in [-0.3, -0.25) is 9.48 Å². The molecule has 0 aliphatic carbocycles. The molecule has 0 radical (unpaired) electrons. The molecule has 0 amide bonds. The van der Waals surface area contributed by atoms with Gasteiger partial charge in [0, 0.05) is 36.4 Å². The molecule has 1 aliphatic rings.